The summed E-state index contributed by atoms with van der Waals surface area (Å²) in [6.07, 6.45) is 0. The number of hydrogen-bond donors (Lipinski definition) is 1. The van der Waals surface area contributed by atoms with E-state index in [4.69, 9.17) is 23.9 Å². The Morgan fingerprint density at radius 3 is 2.04 bits per heavy atom. The fourth-order valence-corrected chi connectivity index (χ4v) is 3.45. The van der Waals surface area contributed by atoms with Gasteiger partial charge in [0.1, 0.15) is 0 Å². The highest BCUT2D eigenvalue weighted by Crippen LogP contribution is 2.45. The third kappa shape index (κ3) is 2.52. The van der Waals surface area contributed by atoms with Crippen LogP contribution < -0.4 is 18.9 Å². The first-order valence-corrected chi connectivity index (χ1v) is 8.34. The fraction of sp³-hybridized carbons (Fsp3) is 0.190. The van der Waals surface area contributed by atoms with E-state index in [-0.39, 0.29) is 5.75 Å². The molecule has 138 valence electrons. The van der Waals surface area contributed by atoms with Crippen molar-refractivity contribution in [3.05, 3.63) is 36.4 Å². The quantitative estimate of drug-likeness (QED) is 0.430. The van der Waals surface area contributed by atoms with Gasteiger partial charge in [0.2, 0.25) is 5.75 Å². The molecule has 0 radical (unpaired) electrons. The summed E-state index contributed by atoms with van der Waals surface area (Å²) in [5.74, 6) is 2.07. The molecule has 1 N–H and O–H groups in total. The van der Waals surface area contributed by atoms with Crippen LogP contribution in [-0.2, 0) is 0 Å². The number of ether oxygens (including phenoxy) is 4. The van der Waals surface area contributed by atoms with Gasteiger partial charge in [-0.05, 0) is 35.7 Å². The van der Waals surface area contributed by atoms with Gasteiger partial charge in [0.25, 0.3) is 0 Å². The van der Waals surface area contributed by atoms with E-state index in [2.05, 4.69) is 0 Å². The van der Waals surface area contributed by atoms with Gasteiger partial charge in [0.05, 0.1) is 39.5 Å². The highest BCUT2D eigenvalue weighted by atomic mass is 16.5. The number of benzene rings is 3. The minimum atomic E-state index is 0.0155. The average Bonchev–Trinajstić information content (AvgIpc) is 2.70. The molecule has 0 spiro atoms. The van der Waals surface area contributed by atoms with Gasteiger partial charge in [-0.2, -0.15) is 0 Å². The largest absolute Gasteiger partial charge is 0.504 e. The Kier molecular flexibility index (Phi) is 4.03. The SMILES string of the molecule is COc1cc2cc3c(ccc4c(OC)c(OC)c(O)cc43)nc2cc1OC. The maximum absolute atomic E-state index is 10.4. The van der Waals surface area contributed by atoms with Crippen molar-refractivity contribution in [3.63, 3.8) is 0 Å². The smallest absolute Gasteiger partial charge is 0.203 e. The van der Waals surface area contributed by atoms with Crippen molar-refractivity contribution in [2.45, 2.75) is 0 Å². The highest BCUT2D eigenvalue weighted by Gasteiger charge is 2.17. The first-order valence-electron chi connectivity index (χ1n) is 8.34. The number of pyridine rings is 1. The van der Waals surface area contributed by atoms with Crippen LogP contribution in [0, 0.1) is 0 Å². The minimum absolute atomic E-state index is 0.0155. The number of methoxy groups -OCH3 is 4. The predicted molar refractivity (Wildman–Crippen MR) is 105 cm³/mol. The van der Waals surface area contributed by atoms with Crippen LogP contribution in [0.2, 0.25) is 0 Å². The summed E-state index contributed by atoms with van der Waals surface area (Å²) < 4.78 is 21.6. The lowest BCUT2D eigenvalue weighted by Gasteiger charge is -2.14. The molecule has 4 rings (SSSR count). The van der Waals surface area contributed by atoms with Crippen LogP contribution in [0.5, 0.6) is 28.7 Å². The second-order valence-electron chi connectivity index (χ2n) is 6.08. The second-order valence-corrected chi connectivity index (χ2v) is 6.08. The lowest BCUT2D eigenvalue weighted by atomic mass is 10.0. The summed E-state index contributed by atoms with van der Waals surface area (Å²) in [4.78, 5) is 4.75. The molecule has 6 nitrogen and oxygen atoms in total. The maximum Gasteiger partial charge on any atom is 0.203 e. The van der Waals surface area contributed by atoms with Crippen LogP contribution in [-0.4, -0.2) is 38.5 Å². The van der Waals surface area contributed by atoms with Crippen molar-refractivity contribution in [1.82, 2.24) is 4.98 Å². The average molecular weight is 365 g/mol. The van der Waals surface area contributed by atoms with E-state index in [9.17, 15) is 5.11 Å². The van der Waals surface area contributed by atoms with E-state index in [1.54, 1.807) is 27.4 Å². The number of phenolic OH excluding ortho intramolecular Hbond substituents is 1. The lowest BCUT2D eigenvalue weighted by Crippen LogP contribution is -1.94. The van der Waals surface area contributed by atoms with Crippen molar-refractivity contribution in [2.75, 3.05) is 28.4 Å². The van der Waals surface area contributed by atoms with E-state index in [1.165, 1.54) is 7.11 Å². The molecule has 0 saturated carbocycles. The van der Waals surface area contributed by atoms with Gasteiger partial charge in [-0.15, -0.1) is 0 Å². The molecule has 0 saturated heterocycles. The maximum atomic E-state index is 10.4. The third-order valence-electron chi connectivity index (χ3n) is 4.71. The molecule has 0 aliphatic carbocycles. The van der Waals surface area contributed by atoms with E-state index >= 15 is 0 Å². The molecule has 1 heterocycles. The molecular formula is C21H19NO5. The number of aromatic hydroxyl groups is 1. The van der Waals surface area contributed by atoms with Crippen molar-refractivity contribution in [3.8, 4) is 28.7 Å². The highest BCUT2D eigenvalue weighted by molar-refractivity contribution is 6.12. The Labute approximate surface area is 155 Å². The van der Waals surface area contributed by atoms with E-state index in [0.29, 0.717) is 23.0 Å². The Hall–Kier alpha value is -3.41. The van der Waals surface area contributed by atoms with Crippen LogP contribution in [0.25, 0.3) is 32.6 Å². The number of aromatic nitrogens is 1. The molecule has 27 heavy (non-hydrogen) atoms. The molecular weight excluding hydrogens is 346 g/mol. The Balaban J connectivity index is 2.11. The van der Waals surface area contributed by atoms with Crippen molar-refractivity contribution < 1.29 is 24.1 Å². The number of phenols is 1. The molecule has 6 heteroatoms. The molecule has 1 aromatic heterocycles. The van der Waals surface area contributed by atoms with Crippen LogP contribution in [0.3, 0.4) is 0 Å². The van der Waals surface area contributed by atoms with Gasteiger partial charge in [0.15, 0.2) is 23.0 Å². The zero-order valence-electron chi connectivity index (χ0n) is 15.5. The molecule has 0 bridgehead atoms. The Bertz CT molecular complexity index is 1190. The first-order chi connectivity index (χ1) is 13.1. The fourth-order valence-electron chi connectivity index (χ4n) is 3.45. The van der Waals surface area contributed by atoms with Crippen molar-refractivity contribution in [1.29, 1.82) is 0 Å². The number of rotatable bonds is 4. The molecule has 4 aromatic rings. The number of nitrogens with zero attached hydrogens (tertiary/aromatic N) is 1. The monoisotopic (exact) mass is 365 g/mol. The summed E-state index contributed by atoms with van der Waals surface area (Å²) in [5, 5.41) is 13.8. The van der Waals surface area contributed by atoms with Crippen molar-refractivity contribution >= 4 is 32.6 Å². The molecule has 0 unspecified atom stereocenters. The normalized spacial score (nSPS) is 11.1. The number of hydrogen-bond acceptors (Lipinski definition) is 6. The van der Waals surface area contributed by atoms with Crippen LogP contribution in [0.15, 0.2) is 36.4 Å². The molecule has 0 aliphatic heterocycles. The van der Waals surface area contributed by atoms with Crippen LogP contribution >= 0.6 is 0 Å². The van der Waals surface area contributed by atoms with E-state index in [1.807, 2.05) is 30.3 Å². The summed E-state index contributed by atoms with van der Waals surface area (Å²) >= 11 is 0. The summed E-state index contributed by atoms with van der Waals surface area (Å²) in [7, 11) is 6.25. The Morgan fingerprint density at radius 1 is 0.667 bits per heavy atom. The van der Waals surface area contributed by atoms with Crippen LogP contribution in [0.4, 0.5) is 0 Å². The van der Waals surface area contributed by atoms with Gasteiger partial charge in [-0.25, -0.2) is 4.98 Å². The third-order valence-corrected chi connectivity index (χ3v) is 4.71. The number of fused-ring (bicyclic) bond motifs is 4. The van der Waals surface area contributed by atoms with Gasteiger partial charge in [-0.3, -0.25) is 0 Å². The topological polar surface area (TPSA) is 70.0 Å². The molecule has 0 amide bonds. The zero-order valence-corrected chi connectivity index (χ0v) is 15.5. The zero-order chi connectivity index (χ0) is 19.1. The van der Waals surface area contributed by atoms with E-state index < -0.39 is 0 Å². The van der Waals surface area contributed by atoms with Gasteiger partial charge in [-0.1, -0.05) is 0 Å². The van der Waals surface area contributed by atoms with Gasteiger partial charge >= 0.3 is 0 Å². The second kappa shape index (κ2) is 6.39. The Morgan fingerprint density at radius 2 is 1.37 bits per heavy atom. The lowest BCUT2D eigenvalue weighted by molar-refractivity contribution is 0.336. The predicted octanol–water partition coefficient (Wildman–Crippen LogP) is 4.28. The molecule has 0 aliphatic rings. The molecule has 0 atom stereocenters. The van der Waals surface area contributed by atoms with Crippen molar-refractivity contribution in [2.24, 2.45) is 0 Å². The summed E-state index contributed by atoms with van der Waals surface area (Å²) in [6, 6.07) is 11.3. The minimum Gasteiger partial charge on any atom is -0.504 e. The van der Waals surface area contributed by atoms with Gasteiger partial charge < -0.3 is 24.1 Å². The standard InChI is InChI=1S/C21H19NO5/c1-24-18-8-11-7-14-13-9-17(23)21(27-4)20(26-3)12(13)5-6-15(14)22-16(11)10-19(18)25-2/h5-10,23H,1-4H3. The molecule has 0 fully saturated rings. The van der Waals surface area contributed by atoms with Crippen LogP contribution in [0.1, 0.15) is 0 Å². The summed E-state index contributed by atoms with van der Waals surface area (Å²) in [5.41, 5.74) is 1.60. The van der Waals surface area contributed by atoms with Gasteiger partial charge in [0, 0.05) is 22.2 Å². The van der Waals surface area contributed by atoms with E-state index in [0.717, 1.165) is 32.6 Å². The molecule has 3 aromatic carbocycles. The first kappa shape index (κ1) is 17.0. The summed E-state index contributed by atoms with van der Waals surface area (Å²) in [6.45, 7) is 0.